The molecule has 8 nitrogen and oxygen atoms in total. The summed E-state index contributed by atoms with van der Waals surface area (Å²) in [4.78, 5) is 13.0. The lowest BCUT2D eigenvalue weighted by atomic mass is 9.93. The van der Waals surface area contributed by atoms with Gasteiger partial charge in [0, 0.05) is 5.41 Å². The molecule has 164 valence electrons. The highest BCUT2D eigenvalue weighted by Gasteiger charge is 2.23. The van der Waals surface area contributed by atoms with Gasteiger partial charge in [0.05, 0.1) is 6.21 Å². The average Bonchev–Trinajstić information content (AvgIpc) is 3.21. The van der Waals surface area contributed by atoms with Crippen LogP contribution in [-0.2, 0) is 12.0 Å². The zero-order valence-corrected chi connectivity index (χ0v) is 18.9. The van der Waals surface area contributed by atoms with Gasteiger partial charge >= 0.3 is 0 Å². The van der Waals surface area contributed by atoms with E-state index in [0.29, 0.717) is 12.3 Å². The highest BCUT2D eigenvalue weighted by molar-refractivity contribution is 5.79. The molecule has 2 heterocycles. The molecule has 0 unspecified atom stereocenters. The number of rotatable bonds is 5. The van der Waals surface area contributed by atoms with E-state index in [1.165, 1.54) is 26.6 Å². The molecule has 4 aromatic rings. The minimum absolute atomic E-state index is 0.257. The Labute approximate surface area is 186 Å². The second kappa shape index (κ2) is 8.37. The highest BCUT2D eigenvalue weighted by atomic mass is 16.5. The molecule has 0 saturated heterocycles. The largest absolute Gasteiger partial charge is 0.489 e. The Bertz CT molecular complexity index is 1340. The summed E-state index contributed by atoms with van der Waals surface area (Å²) < 4.78 is 8.61. The van der Waals surface area contributed by atoms with Crippen LogP contribution in [0.3, 0.4) is 0 Å². The summed E-state index contributed by atoms with van der Waals surface area (Å²) >= 11 is 0. The highest BCUT2D eigenvalue weighted by Crippen LogP contribution is 2.18. The van der Waals surface area contributed by atoms with E-state index < -0.39 is 5.41 Å². The van der Waals surface area contributed by atoms with Gasteiger partial charge in [-0.25, -0.2) is 0 Å². The van der Waals surface area contributed by atoms with Crippen molar-refractivity contribution in [3.63, 3.8) is 0 Å². The fourth-order valence-corrected chi connectivity index (χ4v) is 3.29. The number of benzene rings is 2. The van der Waals surface area contributed by atoms with Gasteiger partial charge in [-0.1, -0.05) is 44.5 Å². The molecule has 4 rings (SSSR count). The Kier molecular flexibility index (Phi) is 5.61. The van der Waals surface area contributed by atoms with Crippen LogP contribution in [-0.4, -0.2) is 30.7 Å². The maximum absolute atomic E-state index is 13.0. The number of aryl methyl sites for hydroxylation is 2. The Morgan fingerprint density at radius 2 is 1.84 bits per heavy atom. The van der Waals surface area contributed by atoms with Gasteiger partial charge in [-0.05, 0) is 54.8 Å². The van der Waals surface area contributed by atoms with Gasteiger partial charge in [-0.2, -0.15) is 19.4 Å². The van der Waals surface area contributed by atoms with Gasteiger partial charge in [0.1, 0.15) is 24.4 Å². The van der Waals surface area contributed by atoms with Crippen molar-refractivity contribution in [2.24, 2.45) is 5.10 Å². The van der Waals surface area contributed by atoms with Crippen LogP contribution in [0.4, 0.5) is 0 Å². The summed E-state index contributed by atoms with van der Waals surface area (Å²) in [6.07, 6.45) is 3.06. The fourth-order valence-electron chi connectivity index (χ4n) is 3.29. The molecule has 2 aromatic carbocycles. The molecule has 0 aliphatic carbocycles. The van der Waals surface area contributed by atoms with E-state index >= 15 is 0 Å². The first-order valence-corrected chi connectivity index (χ1v) is 10.4. The summed E-state index contributed by atoms with van der Waals surface area (Å²) in [6, 6.07) is 13.9. The molecule has 0 N–H and O–H groups in total. The van der Waals surface area contributed by atoms with Gasteiger partial charge in [-0.3, -0.25) is 4.79 Å². The molecule has 8 heteroatoms. The average molecular weight is 431 g/mol. The van der Waals surface area contributed by atoms with Crippen molar-refractivity contribution >= 4 is 12.0 Å². The maximum Gasteiger partial charge on any atom is 0.298 e. The summed E-state index contributed by atoms with van der Waals surface area (Å²) in [5.74, 6) is 1.02. The number of hydrogen-bond acceptors (Lipinski definition) is 6. The third-order valence-corrected chi connectivity index (χ3v) is 5.11. The van der Waals surface area contributed by atoms with E-state index in [1.54, 1.807) is 6.21 Å². The Morgan fingerprint density at radius 3 is 2.53 bits per heavy atom. The monoisotopic (exact) mass is 430 g/mol. The molecule has 0 spiro atoms. The molecule has 32 heavy (non-hydrogen) atoms. The quantitative estimate of drug-likeness (QED) is 0.451. The van der Waals surface area contributed by atoms with Crippen LogP contribution in [0.15, 0.2) is 58.7 Å². The molecule has 0 amide bonds. The Morgan fingerprint density at radius 1 is 1.09 bits per heavy atom. The van der Waals surface area contributed by atoms with E-state index in [9.17, 15) is 4.79 Å². The predicted molar refractivity (Wildman–Crippen MR) is 123 cm³/mol. The molecule has 0 radical (unpaired) electrons. The number of fused-ring (bicyclic) bond motifs is 1. The van der Waals surface area contributed by atoms with Crippen LogP contribution >= 0.6 is 0 Å². The summed E-state index contributed by atoms with van der Waals surface area (Å²) in [6.45, 7) is 10.5. The molecule has 0 bridgehead atoms. The van der Waals surface area contributed by atoms with Crippen LogP contribution in [0.25, 0.3) is 5.78 Å². The van der Waals surface area contributed by atoms with E-state index in [4.69, 9.17) is 4.74 Å². The van der Waals surface area contributed by atoms with Crippen LogP contribution in [0, 0.1) is 13.8 Å². The molecule has 2 aromatic heterocycles. The van der Waals surface area contributed by atoms with Crippen LogP contribution in [0.1, 0.15) is 48.7 Å². The van der Waals surface area contributed by atoms with E-state index in [0.717, 1.165) is 16.9 Å². The zero-order valence-electron chi connectivity index (χ0n) is 18.9. The van der Waals surface area contributed by atoms with Crippen molar-refractivity contribution in [3.05, 3.63) is 87.1 Å². The molecule has 0 aliphatic rings. The standard InChI is InChI=1S/C24H26N6O2/c1-16-6-9-19(17(2)12-16)14-32-20-10-7-18(8-11-20)13-26-30-22(31)21(24(3,4)5)28-29-15-25-27-23(29)30/h6-13,15H,14H2,1-5H3/b26-13+. The number of nitrogens with zero attached hydrogens (tertiary/aromatic N) is 6. The van der Waals surface area contributed by atoms with Gasteiger partial charge in [0.2, 0.25) is 0 Å². The van der Waals surface area contributed by atoms with Gasteiger partial charge in [0.25, 0.3) is 11.3 Å². The zero-order chi connectivity index (χ0) is 22.9. The van der Waals surface area contributed by atoms with Crippen molar-refractivity contribution in [1.82, 2.24) is 24.5 Å². The Balaban J connectivity index is 1.54. The summed E-state index contributed by atoms with van der Waals surface area (Å²) in [5.41, 5.74) is 4.06. The van der Waals surface area contributed by atoms with E-state index in [-0.39, 0.29) is 11.3 Å². The SMILES string of the molecule is Cc1ccc(COc2ccc(/C=N/n3c(=O)c(C(C)(C)C)nn4cnnc34)cc2)c(C)c1. The topological polar surface area (TPSA) is 86.7 Å². The molecule has 0 atom stereocenters. The van der Waals surface area contributed by atoms with Crippen molar-refractivity contribution in [1.29, 1.82) is 0 Å². The molecule has 0 fully saturated rings. The normalized spacial score (nSPS) is 12.0. The summed E-state index contributed by atoms with van der Waals surface area (Å²) in [5, 5.41) is 16.6. The first kappa shape index (κ1) is 21.4. The lowest BCUT2D eigenvalue weighted by Crippen LogP contribution is -2.33. The van der Waals surface area contributed by atoms with Crippen molar-refractivity contribution in [2.45, 2.75) is 46.6 Å². The number of aromatic nitrogens is 5. The molecule has 0 aliphatic heterocycles. The van der Waals surface area contributed by atoms with Gasteiger partial charge in [-0.15, -0.1) is 10.2 Å². The minimum atomic E-state index is -0.443. The minimum Gasteiger partial charge on any atom is -0.489 e. The number of hydrogen-bond donors (Lipinski definition) is 0. The van der Waals surface area contributed by atoms with Crippen molar-refractivity contribution in [2.75, 3.05) is 0 Å². The van der Waals surface area contributed by atoms with Crippen molar-refractivity contribution < 1.29 is 4.74 Å². The number of ether oxygens (including phenoxy) is 1. The second-order valence-electron chi connectivity index (χ2n) is 8.82. The predicted octanol–water partition coefficient (Wildman–Crippen LogP) is 3.66. The summed E-state index contributed by atoms with van der Waals surface area (Å²) in [7, 11) is 0. The lowest BCUT2D eigenvalue weighted by Gasteiger charge is -2.16. The van der Waals surface area contributed by atoms with Crippen LogP contribution in [0.2, 0.25) is 0 Å². The second-order valence-corrected chi connectivity index (χ2v) is 8.82. The lowest BCUT2D eigenvalue weighted by molar-refractivity contribution is 0.305. The smallest absolute Gasteiger partial charge is 0.298 e. The van der Waals surface area contributed by atoms with E-state index in [2.05, 4.69) is 52.4 Å². The van der Waals surface area contributed by atoms with Gasteiger partial charge in [0.15, 0.2) is 0 Å². The van der Waals surface area contributed by atoms with Crippen molar-refractivity contribution in [3.8, 4) is 5.75 Å². The van der Waals surface area contributed by atoms with Crippen LogP contribution < -0.4 is 10.3 Å². The first-order valence-electron chi connectivity index (χ1n) is 10.4. The van der Waals surface area contributed by atoms with Crippen LogP contribution in [0.5, 0.6) is 5.75 Å². The maximum atomic E-state index is 13.0. The third kappa shape index (κ3) is 4.44. The van der Waals surface area contributed by atoms with E-state index in [1.807, 2.05) is 45.0 Å². The Hall–Kier alpha value is -3.81. The molecular weight excluding hydrogens is 404 g/mol. The third-order valence-electron chi connectivity index (χ3n) is 5.11. The molecular formula is C24H26N6O2. The first-order chi connectivity index (χ1) is 15.2. The fraction of sp³-hybridized carbons (Fsp3) is 0.292. The molecule has 0 saturated carbocycles. The van der Waals surface area contributed by atoms with Gasteiger partial charge < -0.3 is 4.74 Å².